The maximum atomic E-state index is 8.70. The summed E-state index contributed by atoms with van der Waals surface area (Å²) in [6.45, 7) is 3.79. The third kappa shape index (κ3) is 1.69. The van der Waals surface area contributed by atoms with Crippen LogP contribution >= 0.6 is 23.2 Å². The lowest BCUT2D eigenvalue weighted by Gasteiger charge is -2.27. The molecule has 1 nitrogen and oxygen atoms in total. The first kappa shape index (κ1) is 8.90. The molecule has 0 aliphatic heterocycles. The average Bonchev–Trinajstić information content (AvgIpc) is 1.99. The molecule has 3 unspecified atom stereocenters. The van der Waals surface area contributed by atoms with E-state index in [9.17, 15) is 0 Å². The molecule has 1 fully saturated rings. The summed E-state index contributed by atoms with van der Waals surface area (Å²) in [6.07, 6.45) is 1.67. The number of alkyl halides is 2. The van der Waals surface area contributed by atoms with Crippen LogP contribution in [-0.4, -0.2) is 10.8 Å². The number of nitrogens with zero attached hydrogens (tertiary/aromatic N) is 1. The van der Waals surface area contributed by atoms with E-state index < -0.39 is 0 Å². The zero-order valence-electron chi connectivity index (χ0n) is 6.06. The van der Waals surface area contributed by atoms with Gasteiger partial charge in [0.05, 0.1) is 22.7 Å². The molecular formula is C8H9Cl2N. The maximum Gasteiger partial charge on any atom is 0.0848 e. The summed E-state index contributed by atoms with van der Waals surface area (Å²) in [7, 11) is 0. The van der Waals surface area contributed by atoms with E-state index in [0.29, 0.717) is 0 Å². The number of halogens is 2. The highest BCUT2D eigenvalue weighted by Gasteiger charge is 2.32. The Kier molecular flexibility index (Phi) is 2.81. The monoisotopic (exact) mass is 189 g/mol. The molecule has 0 aromatic carbocycles. The molecule has 1 aliphatic rings. The molecule has 1 rings (SSSR count). The smallest absolute Gasteiger partial charge is 0.0848 e. The number of hydrogen-bond donors (Lipinski definition) is 0. The van der Waals surface area contributed by atoms with Crippen molar-refractivity contribution in [2.24, 2.45) is 5.92 Å². The van der Waals surface area contributed by atoms with E-state index in [2.05, 4.69) is 12.6 Å². The van der Waals surface area contributed by atoms with Crippen molar-refractivity contribution in [2.45, 2.75) is 23.6 Å². The van der Waals surface area contributed by atoms with Gasteiger partial charge in [-0.15, -0.1) is 23.2 Å². The van der Waals surface area contributed by atoms with E-state index in [1.54, 1.807) is 0 Å². The highest BCUT2D eigenvalue weighted by Crippen LogP contribution is 2.34. The highest BCUT2D eigenvalue weighted by molar-refractivity contribution is 6.30. The second kappa shape index (κ2) is 3.47. The van der Waals surface area contributed by atoms with Gasteiger partial charge in [0.2, 0.25) is 0 Å². The predicted octanol–water partition coefficient (Wildman–Crippen LogP) is 2.69. The lowest BCUT2D eigenvalue weighted by molar-refractivity contribution is 0.544. The van der Waals surface area contributed by atoms with Crippen LogP contribution in [0.25, 0.3) is 0 Å². The van der Waals surface area contributed by atoms with Crippen molar-refractivity contribution in [2.75, 3.05) is 0 Å². The van der Waals surface area contributed by atoms with Crippen molar-refractivity contribution < 1.29 is 0 Å². The van der Waals surface area contributed by atoms with Crippen LogP contribution in [-0.2, 0) is 0 Å². The molecule has 0 radical (unpaired) electrons. The number of rotatable bonds is 0. The molecule has 1 saturated carbocycles. The fourth-order valence-corrected chi connectivity index (χ4v) is 1.85. The SMILES string of the molecule is C=C1CCC(Cl)C(Cl)C1C#N. The first-order valence-corrected chi connectivity index (χ1v) is 4.39. The summed E-state index contributed by atoms with van der Waals surface area (Å²) in [5.41, 5.74) is 0.921. The molecule has 3 atom stereocenters. The molecule has 0 amide bonds. The molecule has 60 valence electrons. The van der Waals surface area contributed by atoms with E-state index in [1.165, 1.54) is 0 Å². The number of nitriles is 1. The van der Waals surface area contributed by atoms with E-state index in [1.807, 2.05) is 0 Å². The van der Waals surface area contributed by atoms with Crippen LogP contribution in [0.5, 0.6) is 0 Å². The second-order valence-corrected chi connectivity index (χ2v) is 3.83. The quantitative estimate of drug-likeness (QED) is 0.425. The normalized spacial score (nSPS) is 38.3. The summed E-state index contributed by atoms with van der Waals surface area (Å²) in [5, 5.41) is 8.36. The molecule has 0 saturated heterocycles. The fourth-order valence-electron chi connectivity index (χ4n) is 1.23. The van der Waals surface area contributed by atoms with Gasteiger partial charge < -0.3 is 0 Å². The molecule has 0 heterocycles. The Morgan fingerprint density at radius 1 is 1.55 bits per heavy atom. The fraction of sp³-hybridized carbons (Fsp3) is 0.625. The minimum Gasteiger partial charge on any atom is -0.198 e. The van der Waals surface area contributed by atoms with Crippen LogP contribution in [0, 0.1) is 17.2 Å². The Morgan fingerprint density at radius 2 is 2.18 bits per heavy atom. The minimum absolute atomic E-state index is 0.0770. The van der Waals surface area contributed by atoms with E-state index in [-0.39, 0.29) is 16.7 Å². The van der Waals surface area contributed by atoms with Crippen molar-refractivity contribution in [3.05, 3.63) is 12.2 Å². The molecule has 0 bridgehead atoms. The zero-order valence-corrected chi connectivity index (χ0v) is 7.57. The Morgan fingerprint density at radius 3 is 2.64 bits per heavy atom. The minimum atomic E-state index is -0.261. The van der Waals surface area contributed by atoms with Gasteiger partial charge in [0.25, 0.3) is 0 Å². The van der Waals surface area contributed by atoms with Gasteiger partial charge in [-0.25, -0.2) is 0 Å². The van der Waals surface area contributed by atoms with Gasteiger partial charge in [-0.05, 0) is 12.8 Å². The molecule has 1 aliphatic carbocycles. The zero-order chi connectivity index (χ0) is 8.43. The second-order valence-electron chi connectivity index (χ2n) is 2.76. The third-order valence-electron chi connectivity index (χ3n) is 1.98. The Bertz CT molecular complexity index is 207. The van der Waals surface area contributed by atoms with Gasteiger partial charge in [-0.3, -0.25) is 0 Å². The van der Waals surface area contributed by atoms with E-state index >= 15 is 0 Å². The number of hydrogen-bond acceptors (Lipinski definition) is 1. The van der Waals surface area contributed by atoms with Crippen molar-refractivity contribution >= 4 is 23.2 Å². The summed E-state index contributed by atoms with van der Waals surface area (Å²) in [5.74, 6) is -0.257. The van der Waals surface area contributed by atoms with Crippen LogP contribution in [0.2, 0.25) is 0 Å². The first-order valence-electron chi connectivity index (χ1n) is 3.52. The Balaban J connectivity index is 2.73. The van der Waals surface area contributed by atoms with Gasteiger partial charge >= 0.3 is 0 Å². The van der Waals surface area contributed by atoms with E-state index in [4.69, 9.17) is 28.5 Å². The van der Waals surface area contributed by atoms with Crippen LogP contribution < -0.4 is 0 Å². The topological polar surface area (TPSA) is 23.8 Å². The van der Waals surface area contributed by atoms with Crippen molar-refractivity contribution in [3.63, 3.8) is 0 Å². The highest BCUT2D eigenvalue weighted by atomic mass is 35.5. The van der Waals surface area contributed by atoms with Crippen molar-refractivity contribution in [3.8, 4) is 6.07 Å². The Labute approximate surface area is 76.6 Å². The van der Waals surface area contributed by atoms with Gasteiger partial charge in [-0.1, -0.05) is 12.2 Å². The van der Waals surface area contributed by atoms with Crippen molar-refractivity contribution in [1.29, 1.82) is 5.26 Å². The molecular weight excluding hydrogens is 181 g/mol. The molecule has 0 N–H and O–H groups in total. The van der Waals surface area contributed by atoms with Crippen LogP contribution in [0.3, 0.4) is 0 Å². The number of allylic oxidation sites excluding steroid dienone is 1. The molecule has 3 heteroatoms. The summed E-state index contributed by atoms with van der Waals surface area (Å²) < 4.78 is 0. The maximum absolute atomic E-state index is 8.70. The van der Waals surface area contributed by atoms with Gasteiger partial charge in [0.1, 0.15) is 0 Å². The van der Waals surface area contributed by atoms with Gasteiger partial charge in [0.15, 0.2) is 0 Å². The largest absolute Gasteiger partial charge is 0.198 e. The summed E-state index contributed by atoms with van der Waals surface area (Å²) >= 11 is 11.8. The predicted molar refractivity (Wildman–Crippen MR) is 46.8 cm³/mol. The van der Waals surface area contributed by atoms with Crippen LogP contribution in [0.1, 0.15) is 12.8 Å². The standard InChI is InChI=1S/C8H9Cl2N/c1-5-2-3-7(9)8(10)6(5)4-11/h6-8H,1-3H2. The lowest BCUT2D eigenvalue weighted by Crippen LogP contribution is -2.30. The summed E-state index contributed by atoms with van der Waals surface area (Å²) in [4.78, 5) is 0. The Hall–Kier alpha value is -0.190. The molecule has 0 spiro atoms. The first-order chi connectivity index (χ1) is 5.16. The lowest BCUT2D eigenvalue weighted by atomic mass is 9.85. The van der Waals surface area contributed by atoms with Crippen LogP contribution in [0.15, 0.2) is 12.2 Å². The summed E-state index contributed by atoms with van der Waals surface area (Å²) in [6, 6.07) is 2.12. The van der Waals surface area contributed by atoms with Gasteiger partial charge in [0, 0.05) is 0 Å². The average molecular weight is 190 g/mol. The molecule has 0 aromatic rings. The van der Waals surface area contributed by atoms with Crippen LogP contribution in [0.4, 0.5) is 0 Å². The van der Waals surface area contributed by atoms with E-state index in [0.717, 1.165) is 18.4 Å². The van der Waals surface area contributed by atoms with Crippen molar-refractivity contribution in [1.82, 2.24) is 0 Å². The third-order valence-corrected chi connectivity index (χ3v) is 3.16. The van der Waals surface area contributed by atoms with Gasteiger partial charge in [-0.2, -0.15) is 5.26 Å². The molecule has 0 aromatic heterocycles. The molecule has 11 heavy (non-hydrogen) atoms.